The minimum atomic E-state index is 0.430. The number of nitrogens with zero attached hydrogens (tertiary/aromatic N) is 3. The normalized spacial score (nSPS) is 12.8. The third kappa shape index (κ3) is 3.40. The van der Waals surface area contributed by atoms with Crippen LogP contribution in [0.25, 0.3) is 0 Å². The van der Waals surface area contributed by atoms with Gasteiger partial charge in [0.2, 0.25) is 0 Å². The molecular formula is C13H20N4S. The van der Waals surface area contributed by atoms with E-state index in [1.54, 1.807) is 17.7 Å². The lowest BCUT2D eigenvalue weighted by molar-refractivity contribution is 0.490. The van der Waals surface area contributed by atoms with Crippen LogP contribution in [0, 0.1) is 0 Å². The summed E-state index contributed by atoms with van der Waals surface area (Å²) in [5, 5.41) is 12.1. The van der Waals surface area contributed by atoms with Crippen LogP contribution < -0.4 is 5.32 Å². The van der Waals surface area contributed by atoms with Crippen LogP contribution in [0.5, 0.6) is 0 Å². The first kappa shape index (κ1) is 13.2. The summed E-state index contributed by atoms with van der Waals surface area (Å²) < 4.78 is 1.97. The van der Waals surface area contributed by atoms with Crippen LogP contribution in [0.4, 0.5) is 0 Å². The van der Waals surface area contributed by atoms with Crippen LogP contribution in [0.15, 0.2) is 23.2 Å². The van der Waals surface area contributed by atoms with E-state index in [0.29, 0.717) is 6.04 Å². The van der Waals surface area contributed by atoms with Crippen molar-refractivity contribution in [1.82, 2.24) is 20.1 Å². The molecule has 1 unspecified atom stereocenters. The fraction of sp³-hybridized carbons (Fsp3) is 0.538. The maximum Gasteiger partial charge on any atom is 0.138 e. The zero-order valence-corrected chi connectivity index (χ0v) is 11.8. The highest BCUT2D eigenvalue weighted by molar-refractivity contribution is 7.07. The Morgan fingerprint density at radius 3 is 2.94 bits per heavy atom. The molecule has 0 aliphatic carbocycles. The van der Waals surface area contributed by atoms with Crippen molar-refractivity contribution in [3.63, 3.8) is 0 Å². The van der Waals surface area contributed by atoms with Crippen LogP contribution in [-0.4, -0.2) is 27.4 Å². The van der Waals surface area contributed by atoms with Gasteiger partial charge in [-0.1, -0.05) is 6.92 Å². The molecule has 0 aliphatic heterocycles. The Morgan fingerprint density at radius 1 is 1.39 bits per heavy atom. The third-order valence-electron chi connectivity index (χ3n) is 2.98. The van der Waals surface area contributed by atoms with Gasteiger partial charge in [0.05, 0.1) is 0 Å². The Morgan fingerprint density at radius 2 is 2.28 bits per heavy atom. The van der Waals surface area contributed by atoms with Crippen molar-refractivity contribution in [2.45, 2.75) is 39.3 Å². The van der Waals surface area contributed by atoms with Gasteiger partial charge >= 0.3 is 0 Å². The zero-order valence-electron chi connectivity index (χ0n) is 11.0. The van der Waals surface area contributed by atoms with Crippen LogP contribution in [0.3, 0.4) is 0 Å². The SMILES string of the molecule is CCNC(Cc1ccsc1)Cc1ncnn1CC. The second kappa shape index (κ2) is 6.66. The first-order valence-corrected chi connectivity index (χ1v) is 7.38. The summed E-state index contributed by atoms with van der Waals surface area (Å²) in [7, 11) is 0. The largest absolute Gasteiger partial charge is 0.313 e. The van der Waals surface area contributed by atoms with E-state index < -0.39 is 0 Å². The van der Waals surface area contributed by atoms with E-state index >= 15 is 0 Å². The Hall–Kier alpha value is -1.20. The molecule has 0 amide bonds. The molecule has 0 spiro atoms. The molecule has 2 aromatic heterocycles. The number of aryl methyl sites for hydroxylation is 1. The highest BCUT2D eigenvalue weighted by Crippen LogP contribution is 2.11. The highest BCUT2D eigenvalue weighted by atomic mass is 32.1. The lowest BCUT2D eigenvalue weighted by Crippen LogP contribution is -2.34. The number of hydrogen-bond acceptors (Lipinski definition) is 4. The summed E-state index contributed by atoms with van der Waals surface area (Å²) in [5.41, 5.74) is 1.40. The van der Waals surface area contributed by atoms with Gasteiger partial charge in [-0.2, -0.15) is 16.4 Å². The zero-order chi connectivity index (χ0) is 12.8. The van der Waals surface area contributed by atoms with Gasteiger partial charge in [-0.3, -0.25) is 4.68 Å². The molecule has 5 heteroatoms. The van der Waals surface area contributed by atoms with Crippen molar-refractivity contribution < 1.29 is 0 Å². The molecule has 0 aromatic carbocycles. The van der Waals surface area contributed by atoms with Gasteiger partial charge in [-0.25, -0.2) is 4.98 Å². The van der Waals surface area contributed by atoms with Gasteiger partial charge < -0.3 is 5.32 Å². The molecule has 2 aromatic rings. The third-order valence-corrected chi connectivity index (χ3v) is 3.71. The lowest BCUT2D eigenvalue weighted by Gasteiger charge is -2.17. The van der Waals surface area contributed by atoms with E-state index in [1.165, 1.54) is 5.56 Å². The van der Waals surface area contributed by atoms with Crippen molar-refractivity contribution in [2.24, 2.45) is 0 Å². The molecule has 1 atom stereocenters. The molecule has 98 valence electrons. The number of likely N-dealkylation sites (N-methyl/N-ethyl adjacent to an activating group) is 1. The molecule has 2 rings (SSSR count). The van der Waals surface area contributed by atoms with Crippen LogP contribution in [0.1, 0.15) is 25.2 Å². The lowest BCUT2D eigenvalue weighted by atomic mass is 10.1. The second-order valence-corrected chi connectivity index (χ2v) is 5.07. The number of thiophene rings is 1. The molecule has 18 heavy (non-hydrogen) atoms. The first-order valence-electron chi connectivity index (χ1n) is 6.44. The quantitative estimate of drug-likeness (QED) is 0.833. The minimum absolute atomic E-state index is 0.430. The number of hydrogen-bond donors (Lipinski definition) is 1. The fourth-order valence-corrected chi connectivity index (χ4v) is 2.81. The van der Waals surface area contributed by atoms with Crippen LogP contribution >= 0.6 is 11.3 Å². The summed E-state index contributed by atoms with van der Waals surface area (Å²) in [6.07, 6.45) is 3.62. The summed E-state index contributed by atoms with van der Waals surface area (Å²) in [6.45, 7) is 6.10. The molecule has 0 bridgehead atoms. The minimum Gasteiger partial charge on any atom is -0.313 e. The summed E-state index contributed by atoms with van der Waals surface area (Å²) in [4.78, 5) is 4.35. The predicted octanol–water partition coefficient (Wildman–Crippen LogP) is 2.12. The summed E-state index contributed by atoms with van der Waals surface area (Å²) in [5.74, 6) is 1.07. The molecule has 0 saturated carbocycles. The Kier molecular flexibility index (Phi) is 4.90. The number of nitrogens with one attached hydrogen (secondary N) is 1. The summed E-state index contributed by atoms with van der Waals surface area (Å²) >= 11 is 1.75. The number of rotatable bonds is 7. The van der Waals surface area contributed by atoms with Crippen molar-refractivity contribution in [3.05, 3.63) is 34.5 Å². The van der Waals surface area contributed by atoms with Crippen LogP contribution in [-0.2, 0) is 19.4 Å². The van der Waals surface area contributed by atoms with Gasteiger partial charge in [0.1, 0.15) is 12.2 Å². The molecule has 4 nitrogen and oxygen atoms in total. The van der Waals surface area contributed by atoms with Crippen molar-refractivity contribution in [3.8, 4) is 0 Å². The Labute approximate surface area is 112 Å². The van der Waals surface area contributed by atoms with Gasteiger partial charge in [0.25, 0.3) is 0 Å². The standard InChI is InChI=1S/C13H20N4S/c1-3-14-12(7-11-5-6-18-9-11)8-13-15-10-16-17(13)4-2/h5-6,9-10,12,14H,3-4,7-8H2,1-2H3. The van der Waals surface area contributed by atoms with E-state index in [0.717, 1.165) is 31.8 Å². The highest BCUT2D eigenvalue weighted by Gasteiger charge is 2.13. The van der Waals surface area contributed by atoms with Gasteiger partial charge in [0.15, 0.2) is 0 Å². The maximum atomic E-state index is 4.35. The van der Waals surface area contributed by atoms with Gasteiger partial charge in [-0.05, 0) is 42.3 Å². The Bertz CT molecular complexity index is 449. The van der Waals surface area contributed by atoms with E-state index in [2.05, 4.69) is 46.1 Å². The molecule has 1 N–H and O–H groups in total. The average molecular weight is 264 g/mol. The molecule has 2 heterocycles. The predicted molar refractivity (Wildman–Crippen MR) is 74.9 cm³/mol. The Balaban J connectivity index is 2.01. The topological polar surface area (TPSA) is 42.7 Å². The van der Waals surface area contributed by atoms with Gasteiger partial charge in [-0.15, -0.1) is 0 Å². The van der Waals surface area contributed by atoms with Gasteiger partial charge in [0, 0.05) is 19.0 Å². The molecule has 0 fully saturated rings. The van der Waals surface area contributed by atoms with E-state index in [9.17, 15) is 0 Å². The fourth-order valence-electron chi connectivity index (χ4n) is 2.13. The van der Waals surface area contributed by atoms with Crippen molar-refractivity contribution >= 4 is 11.3 Å². The molecular weight excluding hydrogens is 244 g/mol. The maximum absolute atomic E-state index is 4.35. The van der Waals surface area contributed by atoms with Crippen LogP contribution in [0.2, 0.25) is 0 Å². The monoisotopic (exact) mass is 264 g/mol. The van der Waals surface area contributed by atoms with Crippen molar-refractivity contribution in [2.75, 3.05) is 6.54 Å². The first-order chi connectivity index (χ1) is 8.83. The summed E-state index contributed by atoms with van der Waals surface area (Å²) in [6, 6.07) is 2.62. The van der Waals surface area contributed by atoms with E-state index in [-0.39, 0.29) is 0 Å². The molecule has 0 aliphatic rings. The average Bonchev–Trinajstić information content (AvgIpc) is 3.00. The molecule has 0 radical (unpaired) electrons. The number of aromatic nitrogens is 3. The molecule has 0 saturated heterocycles. The van der Waals surface area contributed by atoms with E-state index in [1.807, 2.05) is 4.68 Å². The van der Waals surface area contributed by atoms with E-state index in [4.69, 9.17) is 0 Å². The smallest absolute Gasteiger partial charge is 0.138 e. The second-order valence-electron chi connectivity index (χ2n) is 4.29. The van der Waals surface area contributed by atoms with Crippen molar-refractivity contribution in [1.29, 1.82) is 0 Å².